The molecule has 3 rings (SSSR count). The number of anilines is 3. The van der Waals surface area contributed by atoms with Crippen molar-refractivity contribution in [3.8, 4) is 11.5 Å². The molecule has 6 nitrogen and oxygen atoms in total. The minimum absolute atomic E-state index is 0.530. The first-order valence-electron chi connectivity index (χ1n) is 8.95. The summed E-state index contributed by atoms with van der Waals surface area (Å²) in [7, 11) is 1.65. The Kier molecular flexibility index (Phi) is 6.46. The number of para-hydroxylation sites is 1. The highest BCUT2D eigenvalue weighted by molar-refractivity contribution is 5.61. The van der Waals surface area contributed by atoms with E-state index in [1.807, 2.05) is 48.5 Å². The van der Waals surface area contributed by atoms with Gasteiger partial charge in [-0.25, -0.2) is 9.97 Å². The number of aromatic nitrogens is 2. The van der Waals surface area contributed by atoms with Crippen LogP contribution in [0.2, 0.25) is 0 Å². The Hall–Kier alpha value is -3.28. The van der Waals surface area contributed by atoms with Crippen molar-refractivity contribution >= 4 is 17.3 Å². The van der Waals surface area contributed by atoms with Crippen LogP contribution < -0.4 is 19.7 Å². The maximum atomic E-state index is 5.72. The van der Waals surface area contributed by atoms with Gasteiger partial charge in [0.1, 0.15) is 36.1 Å². The van der Waals surface area contributed by atoms with Crippen LogP contribution in [0, 0.1) is 0 Å². The van der Waals surface area contributed by atoms with Crippen molar-refractivity contribution in [3.05, 3.63) is 67.0 Å². The molecule has 0 aliphatic carbocycles. The molecule has 0 fully saturated rings. The van der Waals surface area contributed by atoms with Gasteiger partial charge in [-0.1, -0.05) is 18.2 Å². The smallest absolute Gasteiger partial charge is 0.138 e. The highest BCUT2D eigenvalue weighted by atomic mass is 16.5. The molecule has 0 aliphatic rings. The Balaban J connectivity index is 1.55. The molecule has 2 aromatic carbocycles. The van der Waals surface area contributed by atoms with E-state index in [1.165, 1.54) is 0 Å². The summed E-state index contributed by atoms with van der Waals surface area (Å²) < 4.78 is 10.9. The fraction of sp³-hybridized carbons (Fsp3) is 0.238. The van der Waals surface area contributed by atoms with Gasteiger partial charge >= 0.3 is 0 Å². The molecule has 1 aromatic heterocycles. The monoisotopic (exact) mass is 364 g/mol. The zero-order chi connectivity index (χ0) is 18.9. The van der Waals surface area contributed by atoms with Crippen LogP contribution in [0.4, 0.5) is 17.3 Å². The van der Waals surface area contributed by atoms with Crippen molar-refractivity contribution in [1.82, 2.24) is 9.97 Å². The number of methoxy groups -OCH3 is 1. The average Bonchev–Trinajstić information content (AvgIpc) is 2.73. The third-order valence-electron chi connectivity index (χ3n) is 4.05. The summed E-state index contributed by atoms with van der Waals surface area (Å²) in [5, 5.41) is 3.28. The highest BCUT2D eigenvalue weighted by Crippen LogP contribution is 2.24. The number of rotatable bonds is 9. The summed E-state index contributed by atoms with van der Waals surface area (Å²) in [6.45, 7) is 4.09. The first kappa shape index (κ1) is 18.5. The predicted octanol–water partition coefficient (Wildman–Crippen LogP) is 4.13. The van der Waals surface area contributed by atoms with Gasteiger partial charge in [0.15, 0.2) is 0 Å². The topological polar surface area (TPSA) is 59.5 Å². The lowest BCUT2D eigenvalue weighted by atomic mass is 10.3. The second-order valence-corrected chi connectivity index (χ2v) is 5.79. The van der Waals surface area contributed by atoms with E-state index >= 15 is 0 Å². The number of nitrogens with one attached hydrogen (secondary N) is 1. The number of benzene rings is 2. The summed E-state index contributed by atoms with van der Waals surface area (Å²) >= 11 is 0. The van der Waals surface area contributed by atoms with Crippen molar-refractivity contribution in [1.29, 1.82) is 0 Å². The molecule has 140 valence electrons. The minimum Gasteiger partial charge on any atom is -0.497 e. The Labute approximate surface area is 159 Å². The first-order valence-corrected chi connectivity index (χ1v) is 8.95. The van der Waals surface area contributed by atoms with E-state index in [1.54, 1.807) is 13.4 Å². The molecular weight excluding hydrogens is 340 g/mol. The normalized spacial score (nSPS) is 10.3. The Bertz CT molecular complexity index is 825. The summed E-state index contributed by atoms with van der Waals surface area (Å²) in [6.07, 6.45) is 1.58. The zero-order valence-electron chi connectivity index (χ0n) is 15.6. The molecule has 0 saturated carbocycles. The molecule has 0 bridgehead atoms. The molecule has 1 N–H and O–H groups in total. The van der Waals surface area contributed by atoms with Crippen molar-refractivity contribution < 1.29 is 9.47 Å². The van der Waals surface area contributed by atoms with Gasteiger partial charge in [-0.05, 0) is 43.3 Å². The second kappa shape index (κ2) is 9.43. The van der Waals surface area contributed by atoms with Crippen LogP contribution in [0.3, 0.4) is 0 Å². The van der Waals surface area contributed by atoms with Crippen LogP contribution in [-0.4, -0.2) is 36.8 Å². The van der Waals surface area contributed by atoms with Crippen LogP contribution in [0.1, 0.15) is 6.92 Å². The number of hydrogen-bond acceptors (Lipinski definition) is 6. The Morgan fingerprint density at radius 3 is 2.41 bits per heavy atom. The molecule has 0 spiro atoms. The average molecular weight is 364 g/mol. The molecule has 0 aliphatic heterocycles. The standard InChI is InChI=1S/C21H24N4O2/c1-3-25(17-7-5-4-6-8-17)21-15-20(23-16-24-21)22-13-14-27-19-11-9-18(26-2)10-12-19/h4-12,15-16H,3,13-14H2,1-2H3,(H,22,23,24). The van der Waals surface area contributed by atoms with E-state index < -0.39 is 0 Å². The Morgan fingerprint density at radius 2 is 1.70 bits per heavy atom. The summed E-state index contributed by atoms with van der Waals surface area (Å²) in [5.41, 5.74) is 1.10. The zero-order valence-corrected chi connectivity index (χ0v) is 15.6. The minimum atomic E-state index is 0.530. The summed E-state index contributed by atoms with van der Waals surface area (Å²) in [5.74, 6) is 3.25. The van der Waals surface area contributed by atoms with E-state index in [-0.39, 0.29) is 0 Å². The molecule has 0 radical (unpaired) electrons. The van der Waals surface area contributed by atoms with E-state index in [0.717, 1.165) is 35.4 Å². The van der Waals surface area contributed by atoms with Crippen LogP contribution in [0.5, 0.6) is 11.5 Å². The third kappa shape index (κ3) is 5.10. The predicted molar refractivity (Wildman–Crippen MR) is 108 cm³/mol. The molecule has 27 heavy (non-hydrogen) atoms. The molecule has 1 heterocycles. The molecule has 0 atom stereocenters. The highest BCUT2D eigenvalue weighted by Gasteiger charge is 2.09. The van der Waals surface area contributed by atoms with Gasteiger partial charge < -0.3 is 19.7 Å². The number of ether oxygens (including phenoxy) is 2. The van der Waals surface area contributed by atoms with Gasteiger partial charge in [-0.3, -0.25) is 0 Å². The van der Waals surface area contributed by atoms with Gasteiger partial charge in [0.25, 0.3) is 0 Å². The number of hydrogen-bond donors (Lipinski definition) is 1. The lowest BCUT2D eigenvalue weighted by Crippen LogP contribution is -2.18. The van der Waals surface area contributed by atoms with E-state index in [4.69, 9.17) is 9.47 Å². The van der Waals surface area contributed by atoms with Crippen LogP contribution >= 0.6 is 0 Å². The largest absolute Gasteiger partial charge is 0.497 e. The molecule has 6 heteroatoms. The van der Waals surface area contributed by atoms with Gasteiger partial charge in [0.05, 0.1) is 13.7 Å². The fourth-order valence-electron chi connectivity index (χ4n) is 2.70. The second-order valence-electron chi connectivity index (χ2n) is 5.79. The van der Waals surface area contributed by atoms with Crippen molar-refractivity contribution in [2.24, 2.45) is 0 Å². The van der Waals surface area contributed by atoms with Crippen molar-refractivity contribution in [2.45, 2.75) is 6.92 Å². The molecule has 0 unspecified atom stereocenters. The van der Waals surface area contributed by atoms with Crippen molar-refractivity contribution in [2.75, 3.05) is 37.0 Å². The lowest BCUT2D eigenvalue weighted by Gasteiger charge is -2.22. The molecule has 3 aromatic rings. The quantitative estimate of drug-likeness (QED) is 0.576. The first-order chi connectivity index (χ1) is 13.3. The van der Waals surface area contributed by atoms with Crippen LogP contribution in [0.25, 0.3) is 0 Å². The van der Waals surface area contributed by atoms with Crippen LogP contribution in [0.15, 0.2) is 67.0 Å². The van der Waals surface area contributed by atoms with E-state index in [9.17, 15) is 0 Å². The van der Waals surface area contributed by atoms with E-state index in [2.05, 4.69) is 39.2 Å². The van der Waals surface area contributed by atoms with Gasteiger partial charge in [-0.2, -0.15) is 0 Å². The van der Waals surface area contributed by atoms with Gasteiger partial charge in [-0.15, -0.1) is 0 Å². The molecule has 0 saturated heterocycles. The maximum Gasteiger partial charge on any atom is 0.138 e. The SMILES string of the molecule is CCN(c1ccccc1)c1cc(NCCOc2ccc(OC)cc2)ncn1. The van der Waals surface area contributed by atoms with Gasteiger partial charge in [0.2, 0.25) is 0 Å². The Morgan fingerprint density at radius 1 is 0.963 bits per heavy atom. The fourth-order valence-corrected chi connectivity index (χ4v) is 2.70. The lowest BCUT2D eigenvalue weighted by molar-refractivity contribution is 0.331. The molecular formula is C21H24N4O2. The van der Waals surface area contributed by atoms with E-state index in [0.29, 0.717) is 13.2 Å². The van der Waals surface area contributed by atoms with Gasteiger partial charge in [0, 0.05) is 18.3 Å². The van der Waals surface area contributed by atoms with Crippen LogP contribution in [-0.2, 0) is 0 Å². The maximum absolute atomic E-state index is 5.72. The third-order valence-corrected chi connectivity index (χ3v) is 4.05. The number of nitrogens with zero attached hydrogens (tertiary/aromatic N) is 3. The molecule has 0 amide bonds. The summed E-state index contributed by atoms with van der Waals surface area (Å²) in [4.78, 5) is 10.8. The van der Waals surface area contributed by atoms with Crippen molar-refractivity contribution in [3.63, 3.8) is 0 Å². The summed E-state index contributed by atoms with van der Waals surface area (Å²) in [6, 6.07) is 19.7.